The van der Waals surface area contributed by atoms with Crippen LogP contribution in [0.5, 0.6) is 0 Å². The Morgan fingerprint density at radius 3 is 2.94 bits per heavy atom. The van der Waals surface area contributed by atoms with Crippen molar-refractivity contribution in [2.45, 2.75) is 25.8 Å². The molecule has 0 unspecified atom stereocenters. The van der Waals surface area contributed by atoms with Gasteiger partial charge in [-0.25, -0.2) is 0 Å². The zero-order valence-electron chi connectivity index (χ0n) is 9.96. The number of fused-ring (bicyclic) bond motifs is 1. The van der Waals surface area contributed by atoms with Gasteiger partial charge in [-0.05, 0) is 36.3 Å². The second-order valence-electron chi connectivity index (χ2n) is 5.02. The van der Waals surface area contributed by atoms with Crippen LogP contribution in [0.3, 0.4) is 0 Å². The van der Waals surface area contributed by atoms with Gasteiger partial charge in [0.2, 0.25) is 5.91 Å². The summed E-state index contributed by atoms with van der Waals surface area (Å²) in [5.41, 5.74) is 1.23. The molecule has 2 aliphatic rings. The minimum atomic E-state index is -0.834. The standard InChI is InChI=1S/C13H15NO3S/c15-12(9-6-10(9)13(16)17)14-4-1-2-11-8(7-14)3-5-18-11/h3,5,9-10H,1-2,4,6-7H2,(H,16,17)/t9-,10-/m0/s1. The number of rotatable bonds is 2. The van der Waals surface area contributed by atoms with Crippen LogP contribution in [0.1, 0.15) is 23.3 Å². The van der Waals surface area contributed by atoms with E-state index in [4.69, 9.17) is 5.11 Å². The van der Waals surface area contributed by atoms with Crippen LogP contribution in [-0.2, 0) is 22.6 Å². The molecule has 1 N–H and O–H groups in total. The van der Waals surface area contributed by atoms with Gasteiger partial charge in [-0.3, -0.25) is 9.59 Å². The molecule has 0 radical (unpaired) electrons. The predicted molar refractivity (Wildman–Crippen MR) is 67.3 cm³/mol. The van der Waals surface area contributed by atoms with E-state index in [9.17, 15) is 9.59 Å². The molecule has 96 valence electrons. The van der Waals surface area contributed by atoms with E-state index in [0.29, 0.717) is 13.0 Å². The molecule has 1 saturated carbocycles. The van der Waals surface area contributed by atoms with Crippen LogP contribution in [0.4, 0.5) is 0 Å². The fourth-order valence-corrected chi connectivity index (χ4v) is 3.55. The maximum Gasteiger partial charge on any atom is 0.307 e. The first-order chi connectivity index (χ1) is 8.66. The summed E-state index contributed by atoms with van der Waals surface area (Å²) in [6.45, 7) is 1.41. The van der Waals surface area contributed by atoms with E-state index in [1.807, 2.05) is 4.90 Å². The van der Waals surface area contributed by atoms with Crippen molar-refractivity contribution in [1.82, 2.24) is 4.90 Å². The first kappa shape index (κ1) is 11.7. The molecule has 1 aromatic heterocycles. The Bertz CT molecular complexity index is 496. The van der Waals surface area contributed by atoms with Gasteiger partial charge in [-0.15, -0.1) is 11.3 Å². The maximum atomic E-state index is 12.2. The predicted octanol–water partition coefficient (Wildman–Crippen LogP) is 1.74. The topological polar surface area (TPSA) is 57.6 Å². The minimum Gasteiger partial charge on any atom is -0.481 e. The molecular weight excluding hydrogens is 250 g/mol. The highest BCUT2D eigenvalue weighted by molar-refractivity contribution is 7.10. The van der Waals surface area contributed by atoms with E-state index >= 15 is 0 Å². The lowest BCUT2D eigenvalue weighted by Crippen LogP contribution is -2.32. The van der Waals surface area contributed by atoms with Crippen molar-refractivity contribution in [2.24, 2.45) is 11.8 Å². The Kier molecular flexibility index (Phi) is 2.86. The summed E-state index contributed by atoms with van der Waals surface area (Å²) in [5.74, 6) is -1.52. The van der Waals surface area contributed by atoms with Crippen LogP contribution in [0.25, 0.3) is 0 Å². The quantitative estimate of drug-likeness (QED) is 0.886. The molecule has 3 rings (SSSR count). The molecule has 4 nitrogen and oxygen atoms in total. The van der Waals surface area contributed by atoms with Gasteiger partial charge in [0, 0.05) is 18.0 Å². The van der Waals surface area contributed by atoms with Crippen molar-refractivity contribution in [1.29, 1.82) is 0 Å². The monoisotopic (exact) mass is 265 g/mol. The van der Waals surface area contributed by atoms with Gasteiger partial charge in [0.1, 0.15) is 0 Å². The van der Waals surface area contributed by atoms with Gasteiger partial charge >= 0.3 is 5.97 Å². The van der Waals surface area contributed by atoms with Gasteiger partial charge in [-0.1, -0.05) is 0 Å². The molecule has 2 atom stereocenters. The molecule has 1 aliphatic heterocycles. The molecule has 5 heteroatoms. The minimum absolute atomic E-state index is 0.0291. The lowest BCUT2D eigenvalue weighted by molar-refractivity contribution is -0.142. The second kappa shape index (κ2) is 4.39. The van der Waals surface area contributed by atoms with Crippen LogP contribution in [-0.4, -0.2) is 28.4 Å². The summed E-state index contributed by atoms with van der Waals surface area (Å²) >= 11 is 1.75. The molecule has 0 aromatic carbocycles. The maximum absolute atomic E-state index is 12.2. The summed E-state index contributed by atoms with van der Waals surface area (Å²) < 4.78 is 0. The zero-order valence-corrected chi connectivity index (χ0v) is 10.8. The fraction of sp³-hybridized carbons (Fsp3) is 0.538. The molecular formula is C13H15NO3S. The smallest absolute Gasteiger partial charge is 0.307 e. The number of amides is 1. The number of hydrogen-bond acceptors (Lipinski definition) is 3. The highest BCUT2D eigenvalue weighted by atomic mass is 32.1. The van der Waals surface area contributed by atoms with Gasteiger partial charge in [-0.2, -0.15) is 0 Å². The molecule has 1 amide bonds. The van der Waals surface area contributed by atoms with E-state index in [-0.39, 0.29) is 11.8 Å². The Hall–Kier alpha value is -1.36. The van der Waals surface area contributed by atoms with Crippen molar-refractivity contribution in [3.8, 4) is 0 Å². The number of carboxylic acid groups (broad SMARTS) is 1. The number of hydrogen-bond donors (Lipinski definition) is 1. The molecule has 0 bridgehead atoms. The fourth-order valence-electron chi connectivity index (χ4n) is 2.61. The van der Waals surface area contributed by atoms with Gasteiger partial charge in [0.05, 0.1) is 11.8 Å². The summed E-state index contributed by atoms with van der Waals surface area (Å²) in [5, 5.41) is 10.9. The van der Waals surface area contributed by atoms with E-state index in [2.05, 4.69) is 11.4 Å². The van der Waals surface area contributed by atoms with Gasteiger partial charge in [0.25, 0.3) is 0 Å². The number of thiophene rings is 1. The summed E-state index contributed by atoms with van der Waals surface area (Å²) in [7, 11) is 0. The van der Waals surface area contributed by atoms with Crippen molar-refractivity contribution in [3.63, 3.8) is 0 Å². The van der Waals surface area contributed by atoms with E-state index in [0.717, 1.165) is 19.4 Å². The third-order valence-electron chi connectivity index (χ3n) is 3.77. The highest BCUT2D eigenvalue weighted by Gasteiger charge is 2.49. The molecule has 2 heterocycles. The Morgan fingerprint density at radius 2 is 2.22 bits per heavy atom. The normalized spacial score (nSPS) is 26.3. The van der Waals surface area contributed by atoms with E-state index in [1.54, 1.807) is 11.3 Å². The molecule has 18 heavy (non-hydrogen) atoms. The molecule has 0 saturated heterocycles. The van der Waals surface area contributed by atoms with Crippen molar-refractivity contribution in [2.75, 3.05) is 6.54 Å². The Balaban J connectivity index is 1.70. The molecule has 1 aromatic rings. The molecule has 1 aliphatic carbocycles. The van der Waals surface area contributed by atoms with Crippen molar-refractivity contribution in [3.05, 3.63) is 21.9 Å². The Labute approximate surface area is 109 Å². The number of carbonyl (C=O) groups excluding carboxylic acids is 1. The molecule has 0 spiro atoms. The van der Waals surface area contributed by atoms with Crippen LogP contribution in [0, 0.1) is 11.8 Å². The molecule has 1 fully saturated rings. The van der Waals surface area contributed by atoms with Crippen molar-refractivity contribution < 1.29 is 14.7 Å². The largest absolute Gasteiger partial charge is 0.481 e. The summed E-state index contributed by atoms with van der Waals surface area (Å²) in [6.07, 6.45) is 2.52. The van der Waals surface area contributed by atoms with E-state index in [1.165, 1.54) is 10.4 Å². The number of nitrogens with zero attached hydrogens (tertiary/aromatic N) is 1. The summed E-state index contributed by atoms with van der Waals surface area (Å²) in [6, 6.07) is 2.08. The van der Waals surface area contributed by atoms with Crippen LogP contribution in [0.2, 0.25) is 0 Å². The first-order valence-corrected chi connectivity index (χ1v) is 7.11. The number of carbonyl (C=O) groups is 2. The lowest BCUT2D eigenvalue weighted by atomic mass is 10.2. The van der Waals surface area contributed by atoms with Crippen LogP contribution in [0.15, 0.2) is 11.4 Å². The third kappa shape index (κ3) is 2.03. The second-order valence-corrected chi connectivity index (χ2v) is 6.02. The van der Waals surface area contributed by atoms with Crippen LogP contribution < -0.4 is 0 Å². The van der Waals surface area contributed by atoms with Crippen LogP contribution >= 0.6 is 11.3 Å². The van der Waals surface area contributed by atoms with Crippen molar-refractivity contribution >= 4 is 23.2 Å². The third-order valence-corrected chi connectivity index (χ3v) is 4.79. The summed E-state index contributed by atoms with van der Waals surface area (Å²) in [4.78, 5) is 26.3. The SMILES string of the molecule is O=C(O)[C@H]1C[C@@H]1C(=O)N1CCCc2sccc2C1. The van der Waals surface area contributed by atoms with Gasteiger partial charge < -0.3 is 10.0 Å². The average molecular weight is 265 g/mol. The lowest BCUT2D eigenvalue weighted by Gasteiger charge is -2.20. The Morgan fingerprint density at radius 1 is 1.39 bits per heavy atom. The highest BCUT2D eigenvalue weighted by Crippen LogP contribution is 2.40. The zero-order chi connectivity index (χ0) is 12.7. The van der Waals surface area contributed by atoms with Gasteiger partial charge in [0.15, 0.2) is 0 Å². The number of carboxylic acids is 1. The van der Waals surface area contributed by atoms with E-state index < -0.39 is 11.9 Å². The number of aryl methyl sites for hydroxylation is 1. The first-order valence-electron chi connectivity index (χ1n) is 6.23. The average Bonchev–Trinajstić information content (AvgIpc) is 3.08. The number of aliphatic carboxylic acids is 1.